The first-order valence-electron chi connectivity index (χ1n) is 5.56. The Morgan fingerprint density at radius 2 is 1.53 bits per heavy atom. The van der Waals surface area contributed by atoms with E-state index in [-0.39, 0.29) is 0 Å². The van der Waals surface area contributed by atoms with Gasteiger partial charge in [-0.1, -0.05) is 12.1 Å². The summed E-state index contributed by atoms with van der Waals surface area (Å²) in [5.74, 6) is 0. The lowest BCUT2D eigenvalue weighted by atomic mass is 10.2. The second-order valence-corrected chi connectivity index (χ2v) is 11.8. The van der Waals surface area contributed by atoms with E-state index in [0.717, 1.165) is 5.56 Å². The molecule has 0 aliphatic rings. The largest absolute Gasteiger partial charge is 0.500 e. The monoisotopic (exact) mass is 416 g/mol. The lowest BCUT2D eigenvalue weighted by Gasteiger charge is -2.24. The molecule has 0 heterocycles. The molecule has 0 fully saturated rings. The fraction of sp³-hybridized carbons (Fsp3) is 0.455. The summed E-state index contributed by atoms with van der Waals surface area (Å²) in [6.45, 7) is 0. The maximum atomic E-state index is 11.3. The van der Waals surface area contributed by atoms with Gasteiger partial charge in [0.25, 0.3) is 0 Å². The molecular formula is C11H17IO5SSi. The normalized spacial score (nSPS) is 12.6. The molecule has 0 spiro atoms. The van der Waals surface area contributed by atoms with Crippen LogP contribution in [0.4, 0.5) is 0 Å². The molecule has 0 atom stereocenters. The average molecular weight is 416 g/mol. The predicted octanol–water partition coefficient (Wildman–Crippen LogP) is 2.23. The Bertz CT molecular complexity index is 490. The molecule has 1 aromatic rings. The molecule has 0 aliphatic heterocycles. The summed E-state index contributed by atoms with van der Waals surface area (Å²) >= 11 is 1.43. The highest BCUT2D eigenvalue weighted by Gasteiger charge is 2.37. The van der Waals surface area contributed by atoms with E-state index in [2.05, 4.69) is 0 Å². The topological polar surface area (TPSA) is 61.8 Å². The Kier molecular flexibility index (Phi) is 6.40. The van der Waals surface area contributed by atoms with Crippen LogP contribution in [0.25, 0.3) is 0 Å². The second-order valence-electron chi connectivity index (χ2n) is 3.88. The average Bonchev–Trinajstić information content (AvgIpc) is 2.40. The molecule has 0 saturated heterocycles. The highest BCUT2D eigenvalue weighted by atomic mass is 127. The maximum Gasteiger partial charge on any atom is 0.500 e. The third-order valence-electron chi connectivity index (χ3n) is 2.86. The van der Waals surface area contributed by atoms with E-state index in [9.17, 15) is 8.42 Å². The standard InChI is InChI=1S/C11H17IO5SSi/c1-15-19(16-2,17-3)9-8-10-4-6-11(7-5-10)18(12,13)14/h4-7H,8-9H2,1-3H3. The highest BCUT2D eigenvalue weighted by Crippen LogP contribution is 2.20. The van der Waals surface area contributed by atoms with E-state index >= 15 is 0 Å². The number of benzene rings is 1. The van der Waals surface area contributed by atoms with Crippen LogP contribution in [0, 0.1) is 0 Å². The van der Waals surface area contributed by atoms with Gasteiger partial charge in [0, 0.05) is 27.4 Å². The highest BCUT2D eigenvalue weighted by molar-refractivity contribution is 14.2. The van der Waals surface area contributed by atoms with Gasteiger partial charge in [0.05, 0.1) is 26.1 Å². The van der Waals surface area contributed by atoms with Crippen LogP contribution in [0.2, 0.25) is 6.04 Å². The van der Waals surface area contributed by atoms with Gasteiger partial charge < -0.3 is 13.3 Å². The Balaban J connectivity index is 2.74. The number of hydrogen-bond acceptors (Lipinski definition) is 5. The number of halogens is 1. The zero-order chi connectivity index (χ0) is 14.5. The van der Waals surface area contributed by atoms with Crippen LogP contribution in [0.1, 0.15) is 5.56 Å². The van der Waals surface area contributed by atoms with E-state index in [1.165, 1.54) is 21.2 Å². The van der Waals surface area contributed by atoms with Crippen LogP contribution in [-0.2, 0) is 26.7 Å². The van der Waals surface area contributed by atoms with Crippen molar-refractivity contribution >= 4 is 37.0 Å². The van der Waals surface area contributed by atoms with Crippen molar-refractivity contribution in [3.05, 3.63) is 29.8 Å². The van der Waals surface area contributed by atoms with E-state index in [4.69, 9.17) is 13.3 Å². The molecule has 0 saturated carbocycles. The minimum Gasteiger partial charge on any atom is -0.377 e. The maximum absolute atomic E-state index is 11.3. The molecule has 1 aromatic carbocycles. The summed E-state index contributed by atoms with van der Waals surface area (Å²) in [6.07, 6.45) is 0.712. The van der Waals surface area contributed by atoms with Crippen molar-refractivity contribution in [2.24, 2.45) is 0 Å². The Morgan fingerprint density at radius 3 is 1.89 bits per heavy atom. The first-order valence-corrected chi connectivity index (χ1v) is 11.5. The van der Waals surface area contributed by atoms with Gasteiger partial charge in [-0.15, -0.1) is 0 Å². The lowest BCUT2D eigenvalue weighted by molar-refractivity contribution is 0.123. The molecule has 0 unspecified atom stereocenters. The van der Waals surface area contributed by atoms with E-state index in [0.29, 0.717) is 17.4 Å². The molecule has 0 aliphatic carbocycles. The minimum atomic E-state index is -3.17. The first-order chi connectivity index (χ1) is 8.87. The SMILES string of the molecule is CO[Si](CCc1ccc(S(=O)(=O)I)cc1)(OC)OC. The van der Waals surface area contributed by atoms with Crippen molar-refractivity contribution in [1.82, 2.24) is 0 Å². The molecule has 8 heteroatoms. The lowest BCUT2D eigenvalue weighted by Crippen LogP contribution is -2.43. The molecule has 0 amide bonds. The Hall–Kier alpha value is -0.00312. The van der Waals surface area contributed by atoms with Crippen LogP contribution in [0.15, 0.2) is 29.2 Å². The van der Waals surface area contributed by atoms with E-state index < -0.39 is 15.8 Å². The summed E-state index contributed by atoms with van der Waals surface area (Å²) in [5.41, 5.74) is 1.02. The molecule has 0 aromatic heterocycles. The number of aryl methyl sites for hydroxylation is 1. The van der Waals surface area contributed by atoms with Crippen molar-refractivity contribution in [2.45, 2.75) is 17.4 Å². The van der Waals surface area contributed by atoms with Crippen molar-refractivity contribution in [2.75, 3.05) is 21.3 Å². The van der Waals surface area contributed by atoms with Crippen molar-refractivity contribution < 1.29 is 21.7 Å². The Labute approximate surface area is 127 Å². The molecule has 0 radical (unpaired) electrons. The second kappa shape index (κ2) is 7.13. The minimum absolute atomic E-state index is 0.311. The van der Waals surface area contributed by atoms with Crippen LogP contribution in [0.5, 0.6) is 0 Å². The smallest absolute Gasteiger partial charge is 0.377 e. The van der Waals surface area contributed by atoms with Gasteiger partial charge in [-0.2, -0.15) is 0 Å². The summed E-state index contributed by atoms with van der Waals surface area (Å²) in [7, 11) is -1.02. The van der Waals surface area contributed by atoms with Crippen LogP contribution < -0.4 is 0 Å². The fourth-order valence-electron chi connectivity index (χ4n) is 1.67. The zero-order valence-electron chi connectivity index (χ0n) is 11.1. The molecular weight excluding hydrogens is 399 g/mol. The third kappa shape index (κ3) is 4.79. The number of hydrogen-bond donors (Lipinski definition) is 0. The molecule has 0 bridgehead atoms. The predicted molar refractivity (Wildman–Crippen MR) is 82.9 cm³/mol. The zero-order valence-corrected chi connectivity index (χ0v) is 15.0. The first kappa shape index (κ1) is 17.0. The number of rotatable bonds is 7. The Morgan fingerprint density at radius 1 is 1.05 bits per heavy atom. The summed E-state index contributed by atoms with van der Waals surface area (Å²) in [6, 6.07) is 7.45. The summed E-state index contributed by atoms with van der Waals surface area (Å²) < 4.78 is 38.7. The van der Waals surface area contributed by atoms with Crippen molar-refractivity contribution in [3.8, 4) is 0 Å². The van der Waals surface area contributed by atoms with Gasteiger partial charge in [0.15, 0.2) is 0 Å². The van der Waals surface area contributed by atoms with Gasteiger partial charge in [-0.3, -0.25) is 0 Å². The quantitative estimate of drug-likeness (QED) is 0.388. The van der Waals surface area contributed by atoms with Crippen LogP contribution >= 0.6 is 21.2 Å². The van der Waals surface area contributed by atoms with Gasteiger partial charge in [0.1, 0.15) is 0 Å². The third-order valence-corrected chi connectivity index (χ3v) is 7.95. The summed E-state index contributed by atoms with van der Waals surface area (Å²) in [5, 5.41) is 0. The molecule has 1 rings (SSSR count). The van der Waals surface area contributed by atoms with Crippen molar-refractivity contribution in [3.63, 3.8) is 0 Å². The van der Waals surface area contributed by atoms with Gasteiger partial charge >= 0.3 is 8.80 Å². The molecule has 5 nitrogen and oxygen atoms in total. The fourth-order valence-corrected chi connectivity index (χ4v) is 4.72. The molecule has 108 valence electrons. The molecule has 19 heavy (non-hydrogen) atoms. The van der Waals surface area contributed by atoms with Gasteiger partial charge in [-0.25, -0.2) is 8.42 Å². The van der Waals surface area contributed by atoms with Gasteiger partial charge in [0.2, 0.25) is 7.01 Å². The van der Waals surface area contributed by atoms with E-state index in [1.807, 2.05) is 0 Å². The summed E-state index contributed by atoms with van der Waals surface area (Å²) in [4.78, 5) is 0.311. The molecule has 0 N–H and O–H groups in total. The van der Waals surface area contributed by atoms with Crippen molar-refractivity contribution in [1.29, 1.82) is 0 Å². The van der Waals surface area contributed by atoms with Crippen LogP contribution in [-0.4, -0.2) is 38.6 Å². The van der Waals surface area contributed by atoms with Crippen LogP contribution in [0.3, 0.4) is 0 Å². The van der Waals surface area contributed by atoms with E-state index in [1.54, 1.807) is 45.6 Å². The van der Waals surface area contributed by atoms with Gasteiger partial charge in [-0.05, 0) is 24.1 Å².